The summed E-state index contributed by atoms with van der Waals surface area (Å²) in [6, 6.07) is 3.34. The summed E-state index contributed by atoms with van der Waals surface area (Å²) in [5.41, 5.74) is 0. The van der Waals surface area contributed by atoms with Gasteiger partial charge in [-0.1, -0.05) is 0 Å². The molecule has 10 heavy (non-hydrogen) atoms. The van der Waals surface area contributed by atoms with Crippen LogP contribution in [0, 0.1) is 5.13 Å². The lowest BCUT2D eigenvalue weighted by Gasteiger charge is -1.92. The zero-order chi connectivity index (χ0) is 7.40. The average Bonchev–Trinajstić information content (AvgIpc) is 2.31. The number of hydrogen-bond donors (Lipinski definition) is 1. The number of thiophene rings is 1. The van der Waals surface area contributed by atoms with E-state index in [0.29, 0.717) is 0 Å². The molecule has 0 spiro atoms. The summed E-state index contributed by atoms with van der Waals surface area (Å²) in [6.45, 7) is 0.917. The van der Waals surface area contributed by atoms with E-state index < -0.39 is 0 Å². The molecule has 1 nitrogen and oxygen atoms in total. The molecule has 0 atom stereocenters. The molecule has 0 saturated carbocycles. The van der Waals surface area contributed by atoms with Crippen molar-refractivity contribution in [1.82, 2.24) is 5.32 Å². The Morgan fingerprint density at radius 1 is 1.60 bits per heavy atom. The van der Waals surface area contributed by atoms with Crippen LogP contribution in [0.4, 0.5) is 4.39 Å². The van der Waals surface area contributed by atoms with E-state index in [0.717, 1.165) is 17.8 Å². The molecule has 0 radical (unpaired) electrons. The minimum atomic E-state index is -0.0916. The van der Waals surface area contributed by atoms with Gasteiger partial charge >= 0.3 is 0 Å². The van der Waals surface area contributed by atoms with E-state index in [4.69, 9.17) is 0 Å². The topological polar surface area (TPSA) is 12.0 Å². The SMILES string of the molecule is CNCCc1ccc(F)s1. The summed E-state index contributed by atoms with van der Waals surface area (Å²) >= 11 is 1.22. The summed E-state index contributed by atoms with van der Waals surface area (Å²) in [4.78, 5) is 1.10. The molecule has 1 N–H and O–H groups in total. The van der Waals surface area contributed by atoms with Crippen LogP contribution in [-0.4, -0.2) is 13.6 Å². The van der Waals surface area contributed by atoms with Crippen LogP contribution in [0.15, 0.2) is 12.1 Å². The van der Waals surface area contributed by atoms with Gasteiger partial charge in [-0.3, -0.25) is 0 Å². The highest BCUT2D eigenvalue weighted by atomic mass is 32.1. The van der Waals surface area contributed by atoms with E-state index in [1.165, 1.54) is 17.4 Å². The molecule has 0 aliphatic rings. The highest BCUT2D eigenvalue weighted by molar-refractivity contribution is 7.10. The maximum absolute atomic E-state index is 12.4. The van der Waals surface area contributed by atoms with E-state index in [-0.39, 0.29) is 5.13 Å². The van der Waals surface area contributed by atoms with Crippen LogP contribution in [0.2, 0.25) is 0 Å². The molecule has 0 amide bonds. The van der Waals surface area contributed by atoms with Crippen LogP contribution >= 0.6 is 11.3 Å². The third-order valence-corrected chi connectivity index (χ3v) is 2.18. The molecule has 0 saturated heterocycles. The summed E-state index contributed by atoms with van der Waals surface area (Å²) < 4.78 is 12.4. The fourth-order valence-electron chi connectivity index (χ4n) is 0.734. The minimum absolute atomic E-state index is 0.0916. The molecular formula is C7H10FNS. The van der Waals surface area contributed by atoms with Crippen LogP contribution in [0.1, 0.15) is 4.88 Å². The Bertz CT molecular complexity index is 197. The van der Waals surface area contributed by atoms with Crippen molar-refractivity contribution >= 4 is 11.3 Å². The standard InChI is InChI=1S/C7H10FNS/c1-9-5-4-6-2-3-7(8)10-6/h2-3,9H,4-5H2,1H3. The predicted molar refractivity (Wildman–Crippen MR) is 41.9 cm³/mol. The maximum atomic E-state index is 12.4. The van der Waals surface area contributed by atoms with Crippen molar-refractivity contribution in [3.8, 4) is 0 Å². The summed E-state index contributed by atoms with van der Waals surface area (Å²) in [5, 5.41) is 2.92. The Morgan fingerprint density at radius 2 is 2.40 bits per heavy atom. The average molecular weight is 159 g/mol. The van der Waals surface area contributed by atoms with Gasteiger partial charge in [0.1, 0.15) is 0 Å². The van der Waals surface area contributed by atoms with Crippen LogP contribution in [0.25, 0.3) is 0 Å². The molecule has 1 aromatic heterocycles. The van der Waals surface area contributed by atoms with Gasteiger partial charge < -0.3 is 5.32 Å². The third kappa shape index (κ3) is 2.08. The molecule has 1 heterocycles. The summed E-state index contributed by atoms with van der Waals surface area (Å²) in [5.74, 6) is 0. The van der Waals surface area contributed by atoms with Crippen molar-refractivity contribution in [1.29, 1.82) is 0 Å². The zero-order valence-corrected chi connectivity index (χ0v) is 6.67. The molecule has 0 bridgehead atoms. The number of likely N-dealkylation sites (N-methyl/N-ethyl adjacent to an activating group) is 1. The first-order chi connectivity index (χ1) is 4.83. The maximum Gasteiger partial charge on any atom is 0.176 e. The smallest absolute Gasteiger partial charge is 0.176 e. The minimum Gasteiger partial charge on any atom is -0.319 e. The van der Waals surface area contributed by atoms with Crippen molar-refractivity contribution in [3.05, 3.63) is 22.1 Å². The molecule has 0 fully saturated rings. The molecular weight excluding hydrogens is 149 g/mol. The van der Waals surface area contributed by atoms with E-state index >= 15 is 0 Å². The highest BCUT2D eigenvalue weighted by Crippen LogP contribution is 2.13. The number of halogens is 1. The Balaban J connectivity index is 2.42. The molecule has 0 unspecified atom stereocenters. The van der Waals surface area contributed by atoms with E-state index in [2.05, 4.69) is 5.32 Å². The van der Waals surface area contributed by atoms with Crippen LogP contribution in [-0.2, 0) is 6.42 Å². The lowest BCUT2D eigenvalue weighted by Crippen LogP contribution is -2.09. The normalized spacial score (nSPS) is 10.2. The first-order valence-electron chi connectivity index (χ1n) is 3.22. The second-order valence-electron chi connectivity index (χ2n) is 2.06. The fraction of sp³-hybridized carbons (Fsp3) is 0.429. The van der Waals surface area contributed by atoms with E-state index in [1.807, 2.05) is 13.1 Å². The van der Waals surface area contributed by atoms with E-state index in [9.17, 15) is 4.39 Å². The first kappa shape index (κ1) is 7.69. The van der Waals surface area contributed by atoms with Crippen LogP contribution in [0.5, 0.6) is 0 Å². The van der Waals surface area contributed by atoms with Crippen molar-refractivity contribution in [2.24, 2.45) is 0 Å². The molecule has 56 valence electrons. The molecule has 0 aliphatic heterocycles. The first-order valence-corrected chi connectivity index (χ1v) is 4.03. The molecule has 1 aromatic rings. The second kappa shape index (κ2) is 3.68. The van der Waals surface area contributed by atoms with Gasteiger partial charge in [-0.2, -0.15) is 4.39 Å². The van der Waals surface area contributed by atoms with Gasteiger partial charge in [0.2, 0.25) is 0 Å². The quantitative estimate of drug-likeness (QED) is 0.707. The van der Waals surface area contributed by atoms with Gasteiger partial charge in [0, 0.05) is 4.88 Å². The lowest BCUT2D eigenvalue weighted by molar-refractivity contribution is 0.657. The molecule has 1 rings (SSSR count). The van der Waals surface area contributed by atoms with E-state index in [1.54, 1.807) is 0 Å². The number of nitrogens with one attached hydrogen (secondary N) is 1. The summed E-state index contributed by atoms with van der Waals surface area (Å²) in [6.07, 6.45) is 0.922. The predicted octanol–water partition coefficient (Wildman–Crippen LogP) is 1.65. The van der Waals surface area contributed by atoms with Gasteiger partial charge in [-0.25, -0.2) is 0 Å². The third-order valence-electron chi connectivity index (χ3n) is 1.25. The van der Waals surface area contributed by atoms with Crippen LogP contribution < -0.4 is 5.32 Å². The van der Waals surface area contributed by atoms with Gasteiger partial charge in [0.05, 0.1) is 0 Å². The lowest BCUT2D eigenvalue weighted by atomic mass is 10.3. The molecule has 0 aromatic carbocycles. The largest absolute Gasteiger partial charge is 0.319 e. The summed E-state index contributed by atoms with van der Waals surface area (Å²) in [7, 11) is 1.89. The molecule has 0 aliphatic carbocycles. The number of hydrogen-bond acceptors (Lipinski definition) is 2. The Kier molecular flexibility index (Phi) is 2.83. The zero-order valence-electron chi connectivity index (χ0n) is 5.86. The van der Waals surface area contributed by atoms with Gasteiger partial charge in [0.15, 0.2) is 5.13 Å². The fourth-order valence-corrected chi connectivity index (χ4v) is 1.46. The van der Waals surface area contributed by atoms with Crippen molar-refractivity contribution in [2.75, 3.05) is 13.6 Å². The number of rotatable bonds is 3. The van der Waals surface area contributed by atoms with Gasteiger partial charge in [0.25, 0.3) is 0 Å². The van der Waals surface area contributed by atoms with Crippen molar-refractivity contribution in [3.63, 3.8) is 0 Å². The molecule has 3 heteroatoms. The Morgan fingerprint density at radius 3 is 2.90 bits per heavy atom. The van der Waals surface area contributed by atoms with Crippen molar-refractivity contribution in [2.45, 2.75) is 6.42 Å². The highest BCUT2D eigenvalue weighted by Gasteiger charge is 1.96. The van der Waals surface area contributed by atoms with Gasteiger partial charge in [-0.05, 0) is 32.1 Å². The van der Waals surface area contributed by atoms with Gasteiger partial charge in [-0.15, -0.1) is 11.3 Å². The van der Waals surface area contributed by atoms with Crippen molar-refractivity contribution < 1.29 is 4.39 Å². The van der Waals surface area contributed by atoms with Crippen LogP contribution in [0.3, 0.4) is 0 Å². The Hall–Kier alpha value is -0.410. The monoisotopic (exact) mass is 159 g/mol. The second-order valence-corrected chi connectivity index (χ2v) is 3.18. The Labute approximate surface area is 63.9 Å².